The lowest BCUT2D eigenvalue weighted by Gasteiger charge is -2.29. The number of benzene rings is 1. The maximum absolute atomic E-state index is 11.9. The summed E-state index contributed by atoms with van der Waals surface area (Å²) in [4.78, 5) is 14.2. The van der Waals surface area contributed by atoms with E-state index in [1.54, 1.807) is 0 Å². The van der Waals surface area contributed by atoms with E-state index in [2.05, 4.69) is 22.6 Å². The van der Waals surface area contributed by atoms with Gasteiger partial charge in [0, 0.05) is 18.8 Å². The van der Waals surface area contributed by atoms with E-state index in [-0.39, 0.29) is 12.1 Å². The van der Waals surface area contributed by atoms with Gasteiger partial charge in [0.25, 0.3) is 0 Å². The lowest BCUT2D eigenvalue weighted by Crippen LogP contribution is -2.35. The van der Waals surface area contributed by atoms with Crippen LogP contribution < -0.4 is 15.4 Å². The Labute approximate surface area is 148 Å². The number of nitrogens with one attached hydrogen (secondary N) is 2. The topological polar surface area (TPSA) is 66.7 Å². The van der Waals surface area contributed by atoms with Gasteiger partial charge in [-0.3, -0.25) is 0 Å². The largest absolute Gasteiger partial charge is 0.490 e. The van der Waals surface area contributed by atoms with Crippen molar-refractivity contribution in [2.24, 2.45) is 0 Å². The zero-order chi connectivity index (χ0) is 17.6. The minimum absolute atomic E-state index is 0.266. The molecule has 0 atom stereocenters. The number of urea groups is 1. The van der Waals surface area contributed by atoms with Crippen LogP contribution in [-0.4, -0.2) is 37.2 Å². The maximum atomic E-state index is 11.9. The van der Waals surface area contributed by atoms with Gasteiger partial charge in [0.15, 0.2) is 0 Å². The number of carbonyl (C=O) groups excluding carboxylic acids is 1. The molecule has 0 unspecified atom stereocenters. The smallest absolute Gasteiger partial charge is 0.319 e. The monoisotopic (exact) mass is 343 g/mol. The molecule has 25 heavy (non-hydrogen) atoms. The normalized spacial score (nSPS) is 15.8. The van der Waals surface area contributed by atoms with Crippen LogP contribution in [0.1, 0.15) is 24.4 Å². The fourth-order valence-electron chi connectivity index (χ4n) is 2.83. The van der Waals surface area contributed by atoms with Crippen LogP contribution >= 0.6 is 0 Å². The van der Waals surface area contributed by atoms with E-state index in [4.69, 9.17) is 9.15 Å². The van der Waals surface area contributed by atoms with Crippen molar-refractivity contribution < 1.29 is 13.9 Å². The van der Waals surface area contributed by atoms with Crippen LogP contribution in [-0.2, 0) is 6.54 Å². The number of piperidine rings is 1. The summed E-state index contributed by atoms with van der Waals surface area (Å²) in [5.74, 6) is 2.40. The number of likely N-dealkylation sites (tertiary alicyclic amines) is 1. The van der Waals surface area contributed by atoms with Gasteiger partial charge in [0.2, 0.25) is 0 Å². The minimum Gasteiger partial charge on any atom is -0.490 e. The second kappa shape index (κ2) is 8.07. The predicted octanol–water partition coefficient (Wildman–Crippen LogP) is 3.38. The summed E-state index contributed by atoms with van der Waals surface area (Å²) in [5, 5.41) is 5.57. The van der Waals surface area contributed by atoms with Gasteiger partial charge in [-0.2, -0.15) is 0 Å². The molecule has 2 N–H and O–H groups in total. The predicted molar refractivity (Wildman–Crippen MR) is 96.9 cm³/mol. The molecule has 134 valence electrons. The number of amides is 2. The highest BCUT2D eigenvalue weighted by atomic mass is 16.5. The highest BCUT2D eigenvalue weighted by Crippen LogP contribution is 2.20. The first-order chi connectivity index (χ1) is 12.1. The van der Waals surface area contributed by atoms with Crippen molar-refractivity contribution in [3.05, 3.63) is 47.9 Å². The molecular formula is C19H25N3O3. The third-order valence-corrected chi connectivity index (χ3v) is 4.30. The van der Waals surface area contributed by atoms with Crippen LogP contribution in [0.15, 0.2) is 40.8 Å². The highest BCUT2D eigenvalue weighted by molar-refractivity contribution is 5.89. The molecule has 2 aromatic rings. The molecule has 3 rings (SSSR count). The van der Waals surface area contributed by atoms with Gasteiger partial charge in [-0.25, -0.2) is 4.79 Å². The maximum Gasteiger partial charge on any atom is 0.319 e. The molecule has 2 heterocycles. The van der Waals surface area contributed by atoms with Crippen molar-refractivity contribution in [3.8, 4) is 5.75 Å². The molecule has 1 fully saturated rings. The number of nitrogens with zero attached hydrogens (tertiary/aromatic N) is 1. The number of ether oxygens (including phenoxy) is 1. The van der Waals surface area contributed by atoms with E-state index in [0.717, 1.165) is 48.9 Å². The summed E-state index contributed by atoms with van der Waals surface area (Å²) >= 11 is 0. The molecular weight excluding hydrogens is 318 g/mol. The minimum atomic E-state index is -0.266. The highest BCUT2D eigenvalue weighted by Gasteiger charge is 2.17. The number of aryl methyl sites for hydroxylation is 1. The molecule has 1 aliphatic heterocycles. The first-order valence-corrected chi connectivity index (χ1v) is 8.64. The van der Waals surface area contributed by atoms with Crippen LogP contribution in [0.4, 0.5) is 10.5 Å². The summed E-state index contributed by atoms with van der Waals surface area (Å²) in [6.07, 6.45) is 2.37. The molecule has 6 heteroatoms. The Hall–Kier alpha value is -2.47. The van der Waals surface area contributed by atoms with Gasteiger partial charge in [0.05, 0.1) is 6.54 Å². The van der Waals surface area contributed by atoms with Crippen molar-refractivity contribution in [1.82, 2.24) is 10.2 Å². The summed E-state index contributed by atoms with van der Waals surface area (Å²) in [6, 6.07) is 10.9. The van der Waals surface area contributed by atoms with E-state index in [0.29, 0.717) is 6.54 Å². The van der Waals surface area contributed by atoms with Crippen LogP contribution in [0.3, 0.4) is 0 Å². The average Bonchev–Trinajstić information content (AvgIpc) is 3.02. The van der Waals surface area contributed by atoms with E-state index >= 15 is 0 Å². The molecule has 0 saturated carbocycles. The zero-order valence-corrected chi connectivity index (χ0v) is 14.7. The Balaban J connectivity index is 1.44. The lowest BCUT2D eigenvalue weighted by molar-refractivity contribution is 0.114. The standard InChI is InChI=1S/C19H25N3O3/c1-14-3-6-18(24-14)13-20-19(23)21-15-4-7-16(8-5-15)25-17-9-11-22(2)12-10-17/h3-8,17H,9-13H2,1-2H3,(H2,20,21,23). The van der Waals surface area contributed by atoms with Crippen molar-refractivity contribution in [1.29, 1.82) is 0 Å². The second-order valence-corrected chi connectivity index (χ2v) is 6.46. The summed E-state index contributed by atoms with van der Waals surface area (Å²) < 4.78 is 11.4. The molecule has 0 radical (unpaired) electrons. The molecule has 0 spiro atoms. The molecule has 1 aromatic carbocycles. The van der Waals surface area contributed by atoms with Crippen molar-refractivity contribution in [3.63, 3.8) is 0 Å². The molecule has 1 aliphatic rings. The molecule has 0 bridgehead atoms. The van der Waals surface area contributed by atoms with Gasteiger partial charge < -0.3 is 24.7 Å². The number of hydrogen-bond donors (Lipinski definition) is 2. The molecule has 1 saturated heterocycles. The van der Waals surface area contributed by atoms with Gasteiger partial charge in [-0.15, -0.1) is 0 Å². The van der Waals surface area contributed by atoms with E-state index in [1.807, 2.05) is 43.3 Å². The van der Waals surface area contributed by atoms with E-state index in [1.165, 1.54) is 0 Å². The van der Waals surface area contributed by atoms with E-state index in [9.17, 15) is 4.79 Å². The summed E-state index contributed by atoms with van der Waals surface area (Å²) in [6.45, 7) is 4.37. The quantitative estimate of drug-likeness (QED) is 0.873. The van der Waals surface area contributed by atoms with Crippen LogP contribution in [0.25, 0.3) is 0 Å². The number of furan rings is 1. The van der Waals surface area contributed by atoms with E-state index < -0.39 is 0 Å². The Morgan fingerprint density at radius 2 is 1.92 bits per heavy atom. The van der Waals surface area contributed by atoms with Crippen molar-refractivity contribution in [2.45, 2.75) is 32.4 Å². The third kappa shape index (κ3) is 5.26. The fourth-order valence-corrected chi connectivity index (χ4v) is 2.83. The van der Waals surface area contributed by atoms with Crippen LogP contribution in [0.2, 0.25) is 0 Å². The first kappa shape index (κ1) is 17.4. The Kier molecular flexibility index (Phi) is 5.60. The van der Waals surface area contributed by atoms with Gasteiger partial charge in [-0.1, -0.05) is 0 Å². The average molecular weight is 343 g/mol. The fraction of sp³-hybridized carbons (Fsp3) is 0.421. The van der Waals surface area contributed by atoms with Crippen molar-refractivity contribution >= 4 is 11.7 Å². The number of anilines is 1. The number of carbonyl (C=O) groups is 1. The number of rotatable bonds is 5. The Morgan fingerprint density at radius 3 is 2.56 bits per heavy atom. The van der Waals surface area contributed by atoms with Crippen LogP contribution in [0.5, 0.6) is 5.75 Å². The molecule has 1 aromatic heterocycles. The lowest BCUT2D eigenvalue weighted by atomic mass is 10.1. The summed E-state index contributed by atoms with van der Waals surface area (Å²) in [5.41, 5.74) is 0.726. The van der Waals surface area contributed by atoms with Gasteiger partial charge in [0.1, 0.15) is 23.4 Å². The third-order valence-electron chi connectivity index (χ3n) is 4.30. The molecule has 6 nitrogen and oxygen atoms in total. The Bertz CT molecular complexity index is 688. The second-order valence-electron chi connectivity index (χ2n) is 6.46. The SMILES string of the molecule is Cc1ccc(CNC(=O)Nc2ccc(OC3CCN(C)CC3)cc2)o1. The number of hydrogen-bond acceptors (Lipinski definition) is 4. The van der Waals surface area contributed by atoms with Crippen molar-refractivity contribution in [2.75, 3.05) is 25.5 Å². The molecule has 0 aliphatic carbocycles. The Morgan fingerprint density at radius 1 is 1.20 bits per heavy atom. The zero-order valence-electron chi connectivity index (χ0n) is 14.7. The van der Waals surface area contributed by atoms with Gasteiger partial charge in [-0.05, 0) is 63.2 Å². The van der Waals surface area contributed by atoms with Gasteiger partial charge >= 0.3 is 6.03 Å². The molecule has 2 amide bonds. The summed E-state index contributed by atoms with van der Waals surface area (Å²) in [7, 11) is 2.13. The first-order valence-electron chi connectivity index (χ1n) is 8.64. The van der Waals surface area contributed by atoms with Crippen LogP contribution in [0, 0.1) is 6.92 Å².